The van der Waals surface area contributed by atoms with E-state index < -0.39 is 0 Å². The minimum atomic E-state index is 0.150. The predicted octanol–water partition coefficient (Wildman–Crippen LogP) is 0.564. The van der Waals surface area contributed by atoms with E-state index in [-0.39, 0.29) is 5.92 Å². The number of aromatic amines is 1. The van der Waals surface area contributed by atoms with Crippen molar-refractivity contribution in [3.8, 4) is 0 Å². The Morgan fingerprint density at radius 3 is 3.07 bits per heavy atom. The van der Waals surface area contributed by atoms with Crippen LogP contribution in [0.5, 0.6) is 0 Å². The summed E-state index contributed by atoms with van der Waals surface area (Å²) in [4.78, 5) is 10.5. The smallest absolute Gasteiger partial charge is 0.221 e. The fourth-order valence-corrected chi connectivity index (χ4v) is 4.41. The van der Waals surface area contributed by atoms with Crippen LogP contribution in [0.1, 0.15) is 16.5 Å². The molecule has 2 aliphatic rings. The number of hydrazone groups is 1. The quantitative estimate of drug-likeness (QED) is 0.532. The highest BCUT2D eigenvalue weighted by Gasteiger charge is 2.30. The van der Waals surface area contributed by atoms with Gasteiger partial charge in [-0.3, -0.25) is 10.1 Å². The Kier molecular flexibility index (Phi) is 3.25. The molecule has 27 heavy (non-hydrogen) atoms. The Balaban J connectivity index is 1.29. The SMILES string of the molecule is C1=NN(C2CNC2)CC1c1cnc2nnn(Cc3cc4[nH]ncc4s3)c2n1. The second-order valence-corrected chi connectivity index (χ2v) is 8.02. The Morgan fingerprint density at radius 1 is 1.26 bits per heavy atom. The summed E-state index contributed by atoms with van der Waals surface area (Å²) < 4.78 is 2.94. The molecule has 0 saturated carbocycles. The van der Waals surface area contributed by atoms with Crippen LogP contribution < -0.4 is 5.32 Å². The standard InChI is InChI=1S/C16H16N10S/c1-11(27-14-6-19-22-12(1)14)8-26-16-15(23-24-26)18-5-13(21-16)9-2-20-25(7-9)10-3-17-4-10/h1-2,5-6,9-10,17H,3-4,7-8H2,(H,19,22). The Bertz CT molecular complexity index is 1120. The van der Waals surface area contributed by atoms with E-state index in [4.69, 9.17) is 4.98 Å². The number of hydrogen-bond acceptors (Lipinski definition) is 9. The zero-order chi connectivity index (χ0) is 17.8. The number of nitrogens with zero attached hydrogens (tertiary/aromatic N) is 8. The zero-order valence-electron chi connectivity index (χ0n) is 14.3. The van der Waals surface area contributed by atoms with Gasteiger partial charge in [0.2, 0.25) is 5.65 Å². The van der Waals surface area contributed by atoms with E-state index in [0.29, 0.717) is 23.9 Å². The van der Waals surface area contributed by atoms with Gasteiger partial charge in [-0.25, -0.2) is 14.6 Å². The molecule has 2 aliphatic heterocycles. The zero-order valence-corrected chi connectivity index (χ0v) is 15.1. The summed E-state index contributed by atoms with van der Waals surface area (Å²) in [6, 6.07) is 2.58. The van der Waals surface area contributed by atoms with Gasteiger partial charge in [0.05, 0.1) is 46.8 Å². The molecule has 0 aromatic carbocycles. The van der Waals surface area contributed by atoms with E-state index in [1.165, 1.54) is 4.88 Å². The molecule has 1 fully saturated rings. The summed E-state index contributed by atoms with van der Waals surface area (Å²) in [5, 5.41) is 25.4. The molecule has 4 aromatic heterocycles. The van der Waals surface area contributed by atoms with Gasteiger partial charge in [0.25, 0.3) is 0 Å². The van der Waals surface area contributed by atoms with Crippen LogP contribution in [0.15, 0.2) is 23.6 Å². The van der Waals surface area contributed by atoms with Crippen LogP contribution >= 0.6 is 11.3 Å². The van der Waals surface area contributed by atoms with Crippen molar-refractivity contribution in [1.82, 2.24) is 45.5 Å². The van der Waals surface area contributed by atoms with E-state index in [1.807, 2.05) is 17.1 Å². The lowest BCUT2D eigenvalue weighted by Gasteiger charge is -2.34. The van der Waals surface area contributed by atoms with Crippen molar-refractivity contribution in [2.45, 2.75) is 18.5 Å². The summed E-state index contributed by atoms with van der Waals surface area (Å²) in [7, 11) is 0. The monoisotopic (exact) mass is 380 g/mol. The lowest BCUT2D eigenvalue weighted by atomic mass is 10.1. The lowest BCUT2D eigenvalue weighted by Crippen LogP contribution is -2.55. The maximum atomic E-state index is 4.82. The number of nitrogens with one attached hydrogen (secondary N) is 2. The molecule has 1 unspecified atom stereocenters. The minimum absolute atomic E-state index is 0.150. The first-order chi connectivity index (χ1) is 13.3. The maximum Gasteiger partial charge on any atom is 0.221 e. The van der Waals surface area contributed by atoms with Crippen molar-refractivity contribution < 1.29 is 0 Å². The first kappa shape index (κ1) is 15.2. The van der Waals surface area contributed by atoms with Crippen LogP contribution in [0.25, 0.3) is 21.5 Å². The van der Waals surface area contributed by atoms with Crippen LogP contribution in [-0.2, 0) is 6.54 Å². The molecule has 6 rings (SSSR count). The van der Waals surface area contributed by atoms with Crippen molar-refractivity contribution in [3.63, 3.8) is 0 Å². The molecule has 0 spiro atoms. The molecule has 2 N–H and O–H groups in total. The highest BCUT2D eigenvalue weighted by Crippen LogP contribution is 2.25. The molecule has 0 bridgehead atoms. The Labute approximate surface area is 157 Å². The van der Waals surface area contributed by atoms with Crippen LogP contribution in [0.3, 0.4) is 0 Å². The predicted molar refractivity (Wildman–Crippen MR) is 101 cm³/mol. The van der Waals surface area contributed by atoms with Gasteiger partial charge >= 0.3 is 0 Å². The average Bonchev–Trinajstić information content (AvgIpc) is 3.37. The second-order valence-electron chi connectivity index (χ2n) is 6.85. The highest BCUT2D eigenvalue weighted by molar-refractivity contribution is 7.19. The molecule has 0 aliphatic carbocycles. The highest BCUT2D eigenvalue weighted by atomic mass is 32.1. The molecule has 11 heteroatoms. The summed E-state index contributed by atoms with van der Waals surface area (Å²) in [6.45, 7) is 3.45. The molecule has 0 amide bonds. The van der Waals surface area contributed by atoms with Crippen molar-refractivity contribution in [2.75, 3.05) is 19.6 Å². The van der Waals surface area contributed by atoms with E-state index >= 15 is 0 Å². The first-order valence-corrected chi connectivity index (χ1v) is 9.64. The van der Waals surface area contributed by atoms with Crippen LogP contribution in [-0.4, -0.2) is 72.1 Å². The number of aromatic nitrogens is 7. The molecular weight excluding hydrogens is 364 g/mol. The summed E-state index contributed by atoms with van der Waals surface area (Å²) >= 11 is 1.69. The van der Waals surface area contributed by atoms with Gasteiger partial charge in [-0.15, -0.1) is 16.4 Å². The fraction of sp³-hybridized carbons (Fsp3) is 0.375. The molecular formula is C16H16N10S. The first-order valence-electron chi connectivity index (χ1n) is 8.83. The molecule has 136 valence electrons. The number of H-pyrrole nitrogens is 1. The Hall–Kier alpha value is -2.92. The molecule has 4 aromatic rings. The van der Waals surface area contributed by atoms with E-state index in [1.54, 1.807) is 17.5 Å². The van der Waals surface area contributed by atoms with Gasteiger partial charge < -0.3 is 5.32 Å². The van der Waals surface area contributed by atoms with Crippen molar-refractivity contribution in [2.24, 2.45) is 5.10 Å². The van der Waals surface area contributed by atoms with Crippen LogP contribution in [0.2, 0.25) is 0 Å². The van der Waals surface area contributed by atoms with Gasteiger partial charge in [-0.2, -0.15) is 10.2 Å². The van der Waals surface area contributed by atoms with Gasteiger partial charge in [0, 0.05) is 30.7 Å². The molecule has 1 saturated heterocycles. The summed E-state index contributed by atoms with van der Waals surface area (Å²) in [6.07, 6.45) is 5.60. The topological polar surface area (TPSA) is 113 Å². The molecule has 1 atom stereocenters. The van der Waals surface area contributed by atoms with Crippen molar-refractivity contribution in [1.29, 1.82) is 0 Å². The lowest BCUT2D eigenvalue weighted by molar-refractivity contribution is 0.163. The van der Waals surface area contributed by atoms with Crippen LogP contribution in [0.4, 0.5) is 0 Å². The third-order valence-electron chi connectivity index (χ3n) is 5.07. The van der Waals surface area contributed by atoms with E-state index in [2.05, 4.69) is 47.0 Å². The second kappa shape index (κ2) is 5.79. The van der Waals surface area contributed by atoms with Gasteiger partial charge in [0.15, 0.2) is 5.65 Å². The van der Waals surface area contributed by atoms with Crippen LogP contribution in [0, 0.1) is 0 Å². The average molecular weight is 380 g/mol. The van der Waals surface area contributed by atoms with Gasteiger partial charge in [-0.05, 0) is 6.07 Å². The molecule has 10 nitrogen and oxygen atoms in total. The number of thiophene rings is 1. The largest absolute Gasteiger partial charge is 0.312 e. The number of rotatable bonds is 4. The van der Waals surface area contributed by atoms with Gasteiger partial charge in [0.1, 0.15) is 0 Å². The third-order valence-corrected chi connectivity index (χ3v) is 6.12. The molecule has 0 radical (unpaired) electrons. The van der Waals surface area contributed by atoms with Gasteiger partial charge in [-0.1, -0.05) is 5.21 Å². The van der Waals surface area contributed by atoms with Crippen molar-refractivity contribution in [3.05, 3.63) is 29.0 Å². The number of fused-ring (bicyclic) bond motifs is 2. The fourth-order valence-electron chi connectivity index (χ4n) is 3.44. The Morgan fingerprint density at radius 2 is 2.22 bits per heavy atom. The summed E-state index contributed by atoms with van der Waals surface area (Å²) in [5.74, 6) is 0.150. The number of hydrogen-bond donors (Lipinski definition) is 2. The summed E-state index contributed by atoms with van der Waals surface area (Å²) in [5.41, 5.74) is 3.23. The maximum absolute atomic E-state index is 4.82. The molecule has 6 heterocycles. The van der Waals surface area contributed by atoms with Crippen molar-refractivity contribution >= 4 is 39.1 Å². The van der Waals surface area contributed by atoms with E-state index in [0.717, 1.165) is 35.5 Å². The third kappa shape index (κ3) is 2.50. The normalized spacial score (nSPS) is 20.1. The minimum Gasteiger partial charge on any atom is -0.312 e. The van der Waals surface area contributed by atoms with E-state index in [9.17, 15) is 0 Å².